The zero-order valence-electron chi connectivity index (χ0n) is 13.1. The Hall–Kier alpha value is -1.24. The van der Waals surface area contributed by atoms with E-state index >= 15 is 0 Å². The Morgan fingerprint density at radius 2 is 1.79 bits per heavy atom. The van der Waals surface area contributed by atoms with Gasteiger partial charge in [0.15, 0.2) is 0 Å². The van der Waals surface area contributed by atoms with Crippen molar-refractivity contribution < 1.29 is 4.74 Å². The van der Waals surface area contributed by atoms with Crippen molar-refractivity contribution in [3.8, 4) is 5.75 Å². The molecule has 0 radical (unpaired) electrons. The highest BCUT2D eigenvalue weighted by atomic mass is 16.5. The maximum atomic E-state index is 5.55. The summed E-state index contributed by atoms with van der Waals surface area (Å²) < 4.78 is 5.55. The highest BCUT2D eigenvalue weighted by Gasteiger charge is 2.34. The van der Waals surface area contributed by atoms with Crippen LogP contribution in [-0.4, -0.2) is 7.11 Å². The predicted molar refractivity (Wildman–Crippen MR) is 82.5 cm³/mol. The van der Waals surface area contributed by atoms with Gasteiger partial charge in [-0.3, -0.25) is 0 Å². The molecule has 0 aromatic heterocycles. The second kappa shape index (κ2) is 4.70. The summed E-state index contributed by atoms with van der Waals surface area (Å²) in [5.41, 5.74) is 4.59. The van der Waals surface area contributed by atoms with Crippen LogP contribution in [0.25, 0.3) is 5.57 Å². The molecule has 1 aromatic rings. The van der Waals surface area contributed by atoms with E-state index in [4.69, 9.17) is 4.74 Å². The van der Waals surface area contributed by atoms with Crippen LogP contribution in [-0.2, 0) is 0 Å². The van der Waals surface area contributed by atoms with Gasteiger partial charge >= 0.3 is 0 Å². The number of ether oxygens (including phenoxy) is 1. The summed E-state index contributed by atoms with van der Waals surface area (Å²) in [5.74, 6) is 0.991. The number of benzene rings is 1. The number of hydrogen-bond acceptors (Lipinski definition) is 1. The minimum Gasteiger partial charge on any atom is -0.496 e. The fourth-order valence-electron chi connectivity index (χ4n) is 3.63. The fraction of sp³-hybridized carbons (Fsp3) is 0.556. The zero-order valence-corrected chi connectivity index (χ0v) is 13.1. The van der Waals surface area contributed by atoms with Crippen molar-refractivity contribution in [1.82, 2.24) is 0 Å². The zero-order chi connectivity index (χ0) is 14.3. The monoisotopic (exact) mass is 258 g/mol. The average Bonchev–Trinajstić information content (AvgIpc) is 2.24. The standard InChI is InChI=1S/C18H26O/c1-13-7-8-16(19-6)15(9-13)14-10-17(2,3)12-18(4,5)11-14/h7-10H,11-12H2,1-6H3. The van der Waals surface area contributed by atoms with Crippen molar-refractivity contribution in [2.45, 2.75) is 47.5 Å². The molecule has 1 nitrogen and oxygen atoms in total. The van der Waals surface area contributed by atoms with Crippen LogP contribution in [0.4, 0.5) is 0 Å². The summed E-state index contributed by atoms with van der Waals surface area (Å²) in [6.45, 7) is 11.5. The van der Waals surface area contributed by atoms with Crippen molar-refractivity contribution in [1.29, 1.82) is 0 Å². The Morgan fingerprint density at radius 3 is 2.37 bits per heavy atom. The van der Waals surface area contributed by atoms with E-state index in [0.29, 0.717) is 5.41 Å². The molecule has 0 spiro atoms. The highest BCUT2D eigenvalue weighted by molar-refractivity contribution is 5.73. The van der Waals surface area contributed by atoms with Crippen LogP contribution in [0.3, 0.4) is 0 Å². The summed E-state index contributed by atoms with van der Waals surface area (Å²) in [4.78, 5) is 0. The Kier molecular flexibility index (Phi) is 3.51. The molecule has 104 valence electrons. The molecule has 0 saturated carbocycles. The maximum Gasteiger partial charge on any atom is 0.126 e. The second-order valence-corrected chi connectivity index (χ2v) is 7.38. The van der Waals surface area contributed by atoms with Crippen LogP contribution in [0.5, 0.6) is 5.75 Å². The lowest BCUT2D eigenvalue weighted by Crippen LogP contribution is -2.26. The molecule has 0 saturated heterocycles. The van der Waals surface area contributed by atoms with Crippen LogP contribution >= 0.6 is 0 Å². The minimum absolute atomic E-state index is 0.256. The summed E-state index contributed by atoms with van der Waals surface area (Å²) in [6.07, 6.45) is 4.80. The molecule has 1 aliphatic rings. The quantitative estimate of drug-likeness (QED) is 0.705. The van der Waals surface area contributed by atoms with Crippen LogP contribution in [0.2, 0.25) is 0 Å². The van der Waals surface area contributed by atoms with Crippen LogP contribution < -0.4 is 4.74 Å². The van der Waals surface area contributed by atoms with E-state index in [1.54, 1.807) is 7.11 Å². The molecule has 0 amide bonds. The van der Waals surface area contributed by atoms with Crippen LogP contribution in [0.15, 0.2) is 24.3 Å². The first-order chi connectivity index (χ1) is 8.72. The van der Waals surface area contributed by atoms with Gasteiger partial charge in [-0.15, -0.1) is 0 Å². The van der Waals surface area contributed by atoms with Gasteiger partial charge in [0.05, 0.1) is 7.11 Å². The van der Waals surface area contributed by atoms with Crippen molar-refractivity contribution >= 4 is 5.57 Å². The molecule has 2 rings (SSSR count). The number of aryl methyl sites for hydroxylation is 1. The van der Waals surface area contributed by atoms with Gasteiger partial charge in [-0.05, 0) is 48.3 Å². The van der Waals surface area contributed by atoms with Gasteiger partial charge in [0, 0.05) is 5.56 Å². The molecule has 0 unspecified atom stereocenters. The number of methoxy groups -OCH3 is 1. The summed E-state index contributed by atoms with van der Waals surface area (Å²) >= 11 is 0. The molecule has 0 fully saturated rings. The van der Waals surface area contributed by atoms with Crippen molar-refractivity contribution in [3.63, 3.8) is 0 Å². The first-order valence-electron chi connectivity index (χ1n) is 7.09. The third-order valence-electron chi connectivity index (χ3n) is 3.87. The summed E-state index contributed by atoms with van der Waals surface area (Å²) in [5, 5.41) is 0. The van der Waals surface area contributed by atoms with E-state index in [2.05, 4.69) is 58.9 Å². The lowest BCUT2D eigenvalue weighted by molar-refractivity contribution is 0.228. The van der Waals surface area contributed by atoms with E-state index < -0.39 is 0 Å². The van der Waals surface area contributed by atoms with Crippen molar-refractivity contribution in [2.24, 2.45) is 10.8 Å². The molecule has 0 bridgehead atoms. The average molecular weight is 258 g/mol. The van der Waals surface area contributed by atoms with Gasteiger partial charge in [0.25, 0.3) is 0 Å². The molecule has 0 atom stereocenters. The molecule has 1 heteroatoms. The Balaban J connectivity index is 2.51. The molecule has 0 heterocycles. The van der Waals surface area contributed by atoms with Crippen LogP contribution in [0, 0.1) is 17.8 Å². The predicted octanol–water partition coefficient (Wildman–Crippen LogP) is 5.23. The summed E-state index contributed by atoms with van der Waals surface area (Å²) in [6, 6.07) is 6.45. The Labute approximate surface area is 117 Å². The molecule has 0 N–H and O–H groups in total. The molecule has 1 aliphatic carbocycles. The van der Waals surface area contributed by atoms with E-state index in [0.717, 1.165) is 12.2 Å². The number of allylic oxidation sites excluding steroid dienone is 2. The number of rotatable bonds is 2. The molecule has 1 aromatic carbocycles. The normalized spacial score (nSPS) is 20.8. The first kappa shape index (κ1) is 14.2. The van der Waals surface area contributed by atoms with Gasteiger partial charge in [-0.25, -0.2) is 0 Å². The SMILES string of the molecule is COc1ccc(C)cc1C1=CC(C)(C)CC(C)(C)C1. The lowest BCUT2D eigenvalue weighted by atomic mass is 9.65. The van der Waals surface area contributed by atoms with Crippen LogP contribution in [0.1, 0.15) is 51.7 Å². The van der Waals surface area contributed by atoms with Gasteiger partial charge < -0.3 is 4.74 Å². The van der Waals surface area contributed by atoms with Gasteiger partial charge in [0.1, 0.15) is 5.75 Å². The van der Waals surface area contributed by atoms with E-state index in [1.165, 1.54) is 23.1 Å². The van der Waals surface area contributed by atoms with Gasteiger partial charge in [0.2, 0.25) is 0 Å². The minimum atomic E-state index is 0.256. The lowest BCUT2D eigenvalue weighted by Gasteiger charge is -2.39. The third-order valence-corrected chi connectivity index (χ3v) is 3.87. The fourth-order valence-corrected chi connectivity index (χ4v) is 3.63. The molecule has 19 heavy (non-hydrogen) atoms. The van der Waals surface area contributed by atoms with E-state index in [-0.39, 0.29) is 5.41 Å². The Bertz CT molecular complexity index is 506. The topological polar surface area (TPSA) is 9.23 Å². The largest absolute Gasteiger partial charge is 0.496 e. The first-order valence-corrected chi connectivity index (χ1v) is 7.09. The van der Waals surface area contributed by atoms with Crippen molar-refractivity contribution in [3.05, 3.63) is 35.4 Å². The number of hydrogen-bond donors (Lipinski definition) is 0. The molecular formula is C18H26O. The van der Waals surface area contributed by atoms with Gasteiger partial charge in [-0.2, -0.15) is 0 Å². The molecule has 0 aliphatic heterocycles. The maximum absolute atomic E-state index is 5.55. The third kappa shape index (κ3) is 3.20. The van der Waals surface area contributed by atoms with E-state index in [1.807, 2.05) is 0 Å². The van der Waals surface area contributed by atoms with Gasteiger partial charge in [-0.1, -0.05) is 45.4 Å². The molecular weight excluding hydrogens is 232 g/mol. The second-order valence-electron chi connectivity index (χ2n) is 7.38. The highest BCUT2D eigenvalue weighted by Crippen LogP contribution is 2.48. The summed E-state index contributed by atoms with van der Waals surface area (Å²) in [7, 11) is 1.76. The van der Waals surface area contributed by atoms with E-state index in [9.17, 15) is 0 Å². The Morgan fingerprint density at radius 1 is 1.11 bits per heavy atom. The van der Waals surface area contributed by atoms with Crippen molar-refractivity contribution in [2.75, 3.05) is 7.11 Å². The smallest absolute Gasteiger partial charge is 0.126 e.